The fourth-order valence-electron chi connectivity index (χ4n) is 2.88. The molecule has 3 aromatic rings. The molecule has 0 N–H and O–H groups in total. The molecular weight excluding hydrogens is 312 g/mol. The number of rotatable bonds is 3. The minimum atomic E-state index is 0.226. The van der Waals surface area contributed by atoms with Crippen LogP contribution in [0.2, 0.25) is 0 Å². The lowest BCUT2D eigenvalue weighted by molar-refractivity contribution is 0.338. The van der Waals surface area contributed by atoms with E-state index in [1.165, 1.54) is 0 Å². The molecule has 1 aliphatic carbocycles. The fraction of sp³-hybridized carbons (Fsp3) is 0.533. The van der Waals surface area contributed by atoms with Crippen LogP contribution < -0.4 is 0 Å². The van der Waals surface area contributed by atoms with Crippen LogP contribution in [-0.4, -0.2) is 30.1 Å². The Labute approximate surface area is 137 Å². The van der Waals surface area contributed by atoms with E-state index in [2.05, 4.69) is 39.3 Å². The zero-order valence-corrected chi connectivity index (χ0v) is 14.2. The van der Waals surface area contributed by atoms with Crippen LogP contribution in [0.1, 0.15) is 54.4 Å². The largest absolute Gasteiger partial charge is 0.339 e. The standard InChI is InChI=1S/C15H18N6OS/c1-8(2)15-16-11(7-23-15)13-17-14(22-19-13)9-4-5-10-12(6-9)21(3)20-18-10/h7-9H,4-6H2,1-3H3. The van der Waals surface area contributed by atoms with Gasteiger partial charge in [-0.3, -0.25) is 4.68 Å². The van der Waals surface area contributed by atoms with Gasteiger partial charge in [0.05, 0.1) is 16.4 Å². The van der Waals surface area contributed by atoms with Gasteiger partial charge >= 0.3 is 0 Å². The summed E-state index contributed by atoms with van der Waals surface area (Å²) in [7, 11) is 1.93. The number of hydrogen-bond acceptors (Lipinski definition) is 7. The molecule has 8 heteroatoms. The van der Waals surface area contributed by atoms with Crippen LogP contribution in [0.15, 0.2) is 9.90 Å². The summed E-state index contributed by atoms with van der Waals surface area (Å²) in [6, 6.07) is 0. The van der Waals surface area contributed by atoms with Crippen LogP contribution >= 0.6 is 11.3 Å². The lowest BCUT2D eigenvalue weighted by Gasteiger charge is -2.17. The Balaban J connectivity index is 1.57. The zero-order valence-electron chi connectivity index (χ0n) is 13.4. The number of aromatic nitrogens is 6. The molecule has 1 aliphatic rings. The molecular formula is C15H18N6OS. The number of nitrogens with zero attached hydrogens (tertiary/aromatic N) is 6. The van der Waals surface area contributed by atoms with Crippen molar-refractivity contribution >= 4 is 11.3 Å². The highest BCUT2D eigenvalue weighted by molar-refractivity contribution is 7.10. The maximum absolute atomic E-state index is 5.51. The predicted molar refractivity (Wildman–Crippen MR) is 85.3 cm³/mol. The number of aryl methyl sites for hydroxylation is 2. The minimum absolute atomic E-state index is 0.226. The van der Waals surface area contributed by atoms with Gasteiger partial charge in [0.1, 0.15) is 5.69 Å². The van der Waals surface area contributed by atoms with Crippen molar-refractivity contribution in [3.8, 4) is 11.5 Å². The third-order valence-corrected chi connectivity index (χ3v) is 5.37. The van der Waals surface area contributed by atoms with Gasteiger partial charge in [-0.25, -0.2) is 4.98 Å². The first-order valence-electron chi connectivity index (χ1n) is 7.78. The van der Waals surface area contributed by atoms with Gasteiger partial charge in [-0.05, 0) is 12.8 Å². The molecule has 0 saturated carbocycles. The molecule has 1 unspecified atom stereocenters. The van der Waals surface area contributed by atoms with E-state index in [-0.39, 0.29) is 5.92 Å². The van der Waals surface area contributed by atoms with Crippen molar-refractivity contribution < 1.29 is 4.52 Å². The highest BCUT2D eigenvalue weighted by Gasteiger charge is 2.28. The Morgan fingerprint density at radius 2 is 2.22 bits per heavy atom. The summed E-state index contributed by atoms with van der Waals surface area (Å²) in [6.45, 7) is 4.26. The van der Waals surface area contributed by atoms with Gasteiger partial charge in [-0.15, -0.1) is 16.4 Å². The Bertz CT molecular complexity index is 833. The average Bonchev–Trinajstić information content (AvgIpc) is 3.26. The fourth-order valence-corrected chi connectivity index (χ4v) is 3.70. The second-order valence-corrected chi connectivity index (χ2v) is 7.12. The first-order valence-corrected chi connectivity index (χ1v) is 8.66. The van der Waals surface area contributed by atoms with Crippen molar-refractivity contribution in [2.75, 3.05) is 0 Å². The molecule has 0 fully saturated rings. The van der Waals surface area contributed by atoms with Crippen LogP contribution in [-0.2, 0) is 19.9 Å². The summed E-state index contributed by atoms with van der Waals surface area (Å²) in [5.41, 5.74) is 3.05. The number of fused-ring (bicyclic) bond motifs is 1. The Morgan fingerprint density at radius 3 is 3.00 bits per heavy atom. The third kappa shape index (κ3) is 2.56. The van der Waals surface area contributed by atoms with E-state index in [1.807, 2.05) is 17.1 Å². The van der Waals surface area contributed by atoms with Crippen molar-refractivity contribution in [1.29, 1.82) is 0 Å². The number of thiazole rings is 1. The van der Waals surface area contributed by atoms with Crippen molar-refractivity contribution in [3.63, 3.8) is 0 Å². The normalized spacial score (nSPS) is 17.7. The molecule has 0 amide bonds. The van der Waals surface area contributed by atoms with Crippen LogP contribution in [0, 0.1) is 0 Å². The predicted octanol–water partition coefficient (Wildman–Crippen LogP) is 2.72. The molecule has 0 saturated heterocycles. The minimum Gasteiger partial charge on any atom is -0.339 e. The van der Waals surface area contributed by atoms with Crippen molar-refractivity contribution in [1.82, 2.24) is 30.1 Å². The quantitative estimate of drug-likeness (QED) is 0.734. The summed E-state index contributed by atoms with van der Waals surface area (Å²) < 4.78 is 7.35. The topological polar surface area (TPSA) is 82.5 Å². The maximum atomic E-state index is 5.51. The van der Waals surface area contributed by atoms with E-state index in [0.29, 0.717) is 17.6 Å². The lowest BCUT2D eigenvalue weighted by Crippen LogP contribution is -2.15. The highest BCUT2D eigenvalue weighted by Crippen LogP contribution is 2.32. The number of hydrogen-bond donors (Lipinski definition) is 0. The van der Waals surface area contributed by atoms with Crippen molar-refractivity contribution in [2.45, 2.75) is 44.9 Å². The lowest BCUT2D eigenvalue weighted by atomic mass is 9.89. The maximum Gasteiger partial charge on any atom is 0.230 e. The van der Waals surface area contributed by atoms with Gasteiger partial charge < -0.3 is 4.52 Å². The molecule has 3 aromatic heterocycles. The molecule has 0 aliphatic heterocycles. The van der Waals surface area contributed by atoms with Gasteiger partial charge in [0.2, 0.25) is 11.7 Å². The van der Waals surface area contributed by atoms with Crippen LogP contribution in [0.4, 0.5) is 0 Å². The molecule has 0 radical (unpaired) electrons. The molecule has 23 heavy (non-hydrogen) atoms. The third-order valence-electron chi connectivity index (χ3n) is 4.23. The molecule has 0 aromatic carbocycles. The second kappa shape index (κ2) is 5.52. The highest BCUT2D eigenvalue weighted by atomic mass is 32.1. The van der Waals surface area contributed by atoms with E-state index in [4.69, 9.17) is 4.52 Å². The van der Waals surface area contributed by atoms with E-state index in [0.717, 1.165) is 41.4 Å². The molecule has 0 bridgehead atoms. The monoisotopic (exact) mass is 330 g/mol. The zero-order chi connectivity index (χ0) is 16.0. The molecule has 0 spiro atoms. The summed E-state index contributed by atoms with van der Waals surface area (Å²) in [6.07, 6.45) is 2.70. The summed E-state index contributed by atoms with van der Waals surface area (Å²) >= 11 is 1.64. The van der Waals surface area contributed by atoms with Gasteiger partial charge in [0.15, 0.2) is 0 Å². The SMILES string of the molecule is CC(C)c1nc(-c2noc(C3CCc4nnn(C)c4C3)n2)cs1. The van der Waals surface area contributed by atoms with E-state index >= 15 is 0 Å². The van der Waals surface area contributed by atoms with Gasteiger partial charge in [-0.1, -0.05) is 24.2 Å². The van der Waals surface area contributed by atoms with Gasteiger partial charge in [0, 0.05) is 30.7 Å². The second-order valence-electron chi connectivity index (χ2n) is 6.23. The molecule has 120 valence electrons. The molecule has 1 atom stereocenters. The van der Waals surface area contributed by atoms with E-state index < -0.39 is 0 Å². The van der Waals surface area contributed by atoms with Crippen LogP contribution in [0.3, 0.4) is 0 Å². The van der Waals surface area contributed by atoms with E-state index in [1.54, 1.807) is 11.3 Å². The van der Waals surface area contributed by atoms with Crippen molar-refractivity contribution in [3.05, 3.63) is 27.7 Å². The van der Waals surface area contributed by atoms with E-state index in [9.17, 15) is 0 Å². The molecule has 3 heterocycles. The first-order chi connectivity index (χ1) is 11.1. The smallest absolute Gasteiger partial charge is 0.230 e. The molecule has 7 nitrogen and oxygen atoms in total. The Hall–Kier alpha value is -2.09. The molecule has 4 rings (SSSR count). The van der Waals surface area contributed by atoms with Gasteiger partial charge in [-0.2, -0.15) is 4.98 Å². The summed E-state index contributed by atoms with van der Waals surface area (Å²) in [4.78, 5) is 9.17. The van der Waals surface area contributed by atoms with Crippen LogP contribution in [0.5, 0.6) is 0 Å². The average molecular weight is 330 g/mol. The summed E-state index contributed by atoms with van der Waals surface area (Å²) in [5.74, 6) is 1.90. The van der Waals surface area contributed by atoms with Gasteiger partial charge in [0.25, 0.3) is 0 Å². The van der Waals surface area contributed by atoms with Crippen molar-refractivity contribution in [2.24, 2.45) is 7.05 Å². The van der Waals surface area contributed by atoms with Crippen LogP contribution in [0.25, 0.3) is 11.5 Å². The first kappa shape index (κ1) is 14.5. The Kier molecular flexibility index (Phi) is 3.48. The Morgan fingerprint density at radius 1 is 1.35 bits per heavy atom. The summed E-state index contributed by atoms with van der Waals surface area (Å²) in [5, 5.41) is 15.5.